The van der Waals surface area contributed by atoms with Gasteiger partial charge in [0.25, 0.3) is 11.5 Å². The highest BCUT2D eigenvalue weighted by Gasteiger charge is 2.18. The van der Waals surface area contributed by atoms with Crippen molar-refractivity contribution in [2.45, 2.75) is 51.6 Å². The van der Waals surface area contributed by atoms with Crippen LogP contribution in [0.2, 0.25) is 0 Å². The molecular formula is C19H23N3O4. The van der Waals surface area contributed by atoms with E-state index in [0.29, 0.717) is 23.0 Å². The number of aromatic nitrogens is 2. The van der Waals surface area contributed by atoms with Crippen molar-refractivity contribution in [3.63, 3.8) is 0 Å². The normalized spacial score (nSPS) is 15.5. The van der Waals surface area contributed by atoms with Crippen molar-refractivity contribution in [1.29, 1.82) is 0 Å². The summed E-state index contributed by atoms with van der Waals surface area (Å²) in [6, 6.07) is 4.07. The molecule has 0 saturated carbocycles. The van der Waals surface area contributed by atoms with Gasteiger partial charge in [-0.1, -0.05) is 12.8 Å². The third kappa shape index (κ3) is 3.61. The Morgan fingerprint density at radius 1 is 1.23 bits per heavy atom. The minimum atomic E-state index is -0.752. The van der Waals surface area contributed by atoms with Gasteiger partial charge in [-0.15, -0.1) is 0 Å². The highest BCUT2D eigenvalue weighted by atomic mass is 16.5. The van der Waals surface area contributed by atoms with Crippen molar-refractivity contribution in [2.24, 2.45) is 0 Å². The van der Waals surface area contributed by atoms with Gasteiger partial charge in [-0.3, -0.25) is 14.2 Å². The van der Waals surface area contributed by atoms with Gasteiger partial charge in [0, 0.05) is 18.5 Å². The number of rotatable bonds is 3. The number of hydrogen-bond donors (Lipinski definition) is 1. The molecule has 0 saturated heterocycles. The van der Waals surface area contributed by atoms with Gasteiger partial charge >= 0.3 is 5.97 Å². The van der Waals surface area contributed by atoms with Gasteiger partial charge in [-0.2, -0.15) is 0 Å². The van der Waals surface area contributed by atoms with Gasteiger partial charge in [0.05, 0.1) is 18.0 Å². The van der Waals surface area contributed by atoms with Crippen molar-refractivity contribution < 1.29 is 14.3 Å². The lowest BCUT2D eigenvalue weighted by molar-refractivity contribution is -0.142. The number of nitrogens with zero attached hydrogens (tertiary/aromatic N) is 2. The second-order valence-electron chi connectivity index (χ2n) is 6.60. The fourth-order valence-corrected chi connectivity index (χ4v) is 3.25. The summed E-state index contributed by atoms with van der Waals surface area (Å²) in [5.74, 6) is -0.141. The molecule has 0 aliphatic carbocycles. The Morgan fingerprint density at radius 3 is 2.77 bits per heavy atom. The summed E-state index contributed by atoms with van der Waals surface area (Å²) in [4.78, 5) is 41.3. The minimum absolute atomic E-state index is 0.0539. The van der Waals surface area contributed by atoms with Crippen LogP contribution >= 0.6 is 0 Å². The average molecular weight is 357 g/mol. The highest BCUT2D eigenvalue weighted by molar-refractivity contribution is 5.99. The predicted octanol–water partition coefficient (Wildman–Crippen LogP) is 1.80. The van der Waals surface area contributed by atoms with Gasteiger partial charge in [0.1, 0.15) is 11.9 Å². The number of nitrogens with one attached hydrogen (secondary N) is 1. The van der Waals surface area contributed by atoms with Crippen LogP contribution in [0.4, 0.5) is 0 Å². The smallest absolute Gasteiger partial charge is 0.328 e. The van der Waals surface area contributed by atoms with Crippen molar-refractivity contribution in [3.05, 3.63) is 39.9 Å². The Kier molecular flexibility index (Phi) is 5.35. The van der Waals surface area contributed by atoms with E-state index >= 15 is 0 Å². The van der Waals surface area contributed by atoms with Crippen LogP contribution < -0.4 is 10.9 Å². The quantitative estimate of drug-likeness (QED) is 0.846. The fourth-order valence-electron chi connectivity index (χ4n) is 3.25. The van der Waals surface area contributed by atoms with E-state index in [1.54, 1.807) is 29.7 Å². The fraction of sp³-hybridized carbons (Fsp3) is 0.474. The minimum Gasteiger partial charge on any atom is -0.467 e. The average Bonchev–Trinajstić information content (AvgIpc) is 2.62. The number of carbonyl (C=O) groups excluding carboxylic acids is 2. The zero-order valence-corrected chi connectivity index (χ0v) is 15.1. The maximum absolute atomic E-state index is 12.8. The maximum atomic E-state index is 12.8. The van der Waals surface area contributed by atoms with E-state index in [1.807, 2.05) is 0 Å². The lowest BCUT2D eigenvalue weighted by Crippen LogP contribution is -2.39. The van der Waals surface area contributed by atoms with Gasteiger partial charge in [0.2, 0.25) is 0 Å². The largest absolute Gasteiger partial charge is 0.467 e. The molecule has 2 heterocycles. The monoisotopic (exact) mass is 357 g/mol. The third-order valence-electron chi connectivity index (χ3n) is 4.73. The lowest BCUT2D eigenvalue weighted by Gasteiger charge is -2.16. The molecule has 1 N–H and O–H groups in total. The van der Waals surface area contributed by atoms with Crippen molar-refractivity contribution in [3.8, 4) is 0 Å². The number of aryl methyl sites for hydroxylation is 1. The summed E-state index contributed by atoms with van der Waals surface area (Å²) in [5.41, 5.74) is 0.818. The molecule has 1 aromatic carbocycles. The van der Waals surface area contributed by atoms with Crippen LogP contribution in [-0.2, 0) is 22.5 Å². The molecule has 0 radical (unpaired) electrons. The predicted molar refractivity (Wildman–Crippen MR) is 97.1 cm³/mol. The number of ether oxygens (including phenoxy) is 1. The molecule has 0 fully saturated rings. The molecule has 1 atom stereocenters. The third-order valence-corrected chi connectivity index (χ3v) is 4.73. The van der Waals surface area contributed by atoms with Crippen LogP contribution in [0.25, 0.3) is 10.9 Å². The molecule has 0 bridgehead atoms. The van der Waals surface area contributed by atoms with Crippen LogP contribution in [-0.4, -0.2) is 34.6 Å². The number of hydrogen-bond acceptors (Lipinski definition) is 5. The van der Waals surface area contributed by atoms with Gasteiger partial charge in [-0.25, -0.2) is 9.78 Å². The molecular weight excluding hydrogens is 334 g/mol. The van der Waals surface area contributed by atoms with Gasteiger partial charge in [-0.05, 0) is 38.0 Å². The van der Waals surface area contributed by atoms with Crippen LogP contribution in [0.3, 0.4) is 0 Å². The Labute approximate surface area is 151 Å². The summed E-state index contributed by atoms with van der Waals surface area (Å²) in [6.45, 7) is 2.24. The second kappa shape index (κ2) is 7.68. The Bertz CT molecular complexity index is 904. The molecule has 138 valence electrons. The summed E-state index contributed by atoms with van der Waals surface area (Å²) < 4.78 is 6.37. The Hall–Kier alpha value is -2.70. The molecule has 1 aromatic heterocycles. The van der Waals surface area contributed by atoms with Crippen molar-refractivity contribution in [1.82, 2.24) is 14.9 Å². The molecule has 1 aliphatic heterocycles. The van der Waals surface area contributed by atoms with Crippen molar-refractivity contribution in [2.75, 3.05) is 7.11 Å². The van der Waals surface area contributed by atoms with Crippen LogP contribution in [0, 0.1) is 0 Å². The number of carbonyl (C=O) groups is 2. The SMILES string of the molecule is COC(=O)C(C)NC(=O)c1ccc2c(=O)n3c(nc2c1)CCCCCC3. The molecule has 2 aromatic rings. The molecule has 1 amide bonds. The van der Waals surface area contributed by atoms with Crippen LogP contribution in [0.15, 0.2) is 23.0 Å². The summed E-state index contributed by atoms with van der Waals surface area (Å²) in [6.07, 6.45) is 5.02. The van der Waals surface area contributed by atoms with E-state index in [4.69, 9.17) is 0 Å². The Balaban J connectivity index is 1.95. The van der Waals surface area contributed by atoms with E-state index in [1.165, 1.54) is 7.11 Å². The standard InChI is InChI=1S/C19H23N3O4/c1-12(19(25)26-2)20-17(23)13-8-9-14-15(11-13)21-16-7-5-3-4-6-10-22(16)18(14)24/h8-9,11-12H,3-7,10H2,1-2H3,(H,20,23). The molecule has 3 rings (SSSR count). The zero-order chi connectivity index (χ0) is 18.7. The number of fused-ring (bicyclic) bond motifs is 2. The first kappa shape index (κ1) is 18.1. The number of benzene rings is 1. The molecule has 0 spiro atoms. The first-order chi connectivity index (χ1) is 12.5. The van der Waals surface area contributed by atoms with E-state index in [9.17, 15) is 14.4 Å². The summed E-state index contributed by atoms with van der Waals surface area (Å²) in [5, 5.41) is 3.09. The number of methoxy groups -OCH3 is 1. The van der Waals surface area contributed by atoms with Crippen LogP contribution in [0.1, 0.15) is 48.8 Å². The van der Waals surface area contributed by atoms with E-state index in [0.717, 1.165) is 37.9 Å². The highest BCUT2D eigenvalue weighted by Crippen LogP contribution is 2.16. The molecule has 7 nitrogen and oxygen atoms in total. The molecule has 1 unspecified atom stereocenters. The lowest BCUT2D eigenvalue weighted by atomic mass is 10.1. The number of esters is 1. The van der Waals surface area contributed by atoms with E-state index in [-0.39, 0.29) is 5.56 Å². The van der Waals surface area contributed by atoms with Crippen LogP contribution in [0.5, 0.6) is 0 Å². The molecule has 7 heteroatoms. The summed E-state index contributed by atoms with van der Waals surface area (Å²) in [7, 11) is 1.27. The summed E-state index contributed by atoms with van der Waals surface area (Å²) >= 11 is 0. The van der Waals surface area contributed by atoms with Gasteiger partial charge in [0.15, 0.2) is 0 Å². The van der Waals surface area contributed by atoms with Gasteiger partial charge < -0.3 is 10.1 Å². The van der Waals surface area contributed by atoms with E-state index in [2.05, 4.69) is 15.0 Å². The maximum Gasteiger partial charge on any atom is 0.328 e. The number of amides is 1. The molecule has 26 heavy (non-hydrogen) atoms. The van der Waals surface area contributed by atoms with Crippen molar-refractivity contribution >= 4 is 22.8 Å². The molecule has 1 aliphatic rings. The van der Waals surface area contributed by atoms with E-state index < -0.39 is 17.9 Å². The Morgan fingerprint density at radius 2 is 2.00 bits per heavy atom. The topological polar surface area (TPSA) is 90.3 Å². The first-order valence-electron chi connectivity index (χ1n) is 8.93. The second-order valence-corrected chi connectivity index (χ2v) is 6.60. The zero-order valence-electron chi connectivity index (χ0n) is 15.1. The first-order valence-corrected chi connectivity index (χ1v) is 8.93.